The number of carbonyl (C=O) groups excluding carboxylic acids is 2. The molecule has 0 aliphatic heterocycles. The quantitative estimate of drug-likeness (QED) is 0.419. The van der Waals surface area contributed by atoms with E-state index in [0.717, 1.165) is 36.8 Å². The van der Waals surface area contributed by atoms with Gasteiger partial charge in [0.15, 0.2) is 5.76 Å². The lowest BCUT2D eigenvalue weighted by atomic mass is 9.95. The second kappa shape index (κ2) is 5.64. The molecule has 3 nitrogen and oxygen atoms in total. The van der Waals surface area contributed by atoms with E-state index in [1.54, 1.807) is 13.8 Å². The van der Waals surface area contributed by atoms with Gasteiger partial charge in [0.1, 0.15) is 0 Å². The summed E-state index contributed by atoms with van der Waals surface area (Å²) in [6.07, 6.45) is 5.86. The minimum atomic E-state index is -0.444. The summed E-state index contributed by atoms with van der Waals surface area (Å²) in [5, 5.41) is 0. The number of esters is 1. The van der Waals surface area contributed by atoms with Crippen LogP contribution in [0.2, 0.25) is 0 Å². The van der Waals surface area contributed by atoms with Crippen molar-refractivity contribution in [3.8, 4) is 0 Å². The van der Waals surface area contributed by atoms with Gasteiger partial charge in [-0.05, 0) is 50.7 Å². The van der Waals surface area contributed by atoms with Crippen molar-refractivity contribution in [1.29, 1.82) is 0 Å². The van der Waals surface area contributed by atoms with E-state index in [0.29, 0.717) is 0 Å². The van der Waals surface area contributed by atoms with Crippen molar-refractivity contribution in [3.63, 3.8) is 0 Å². The maximum Gasteiger partial charge on any atom is 0.308 e. The average Bonchev–Trinajstić information content (AvgIpc) is 2.25. The van der Waals surface area contributed by atoms with Crippen LogP contribution in [0.5, 0.6) is 0 Å². The fourth-order valence-electron chi connectivity index (χ4n) is 1.71. The highest BCUT2D eigenvalue weighted by Crippen LogP contribution is 2.22. The third-order valence-corrected chi connectivity index (χ3v) is 2.49. The first kappa shape index (κ1) is 12.7. The predicted octanol–water partition coefficient (Wildman–Crippen LogP) is 2.91. The smallest absolute Gasteiger partial charge is 0.308 e. The third kappa shape index (κ3) is 3.33. The van der Waals surface area contributed by atoms with Crippen LogP contribution in [0.1, 0.15) is 46.5 Å². The monoisotopic (exact) mass is 222 g/mol. The Bertz CT molecular complexity index is 357. The molecular weight excluding hydrogens is 204 g/mol. The molecule has 0 aromatic heterocycles. The molecule has 0 amide bonds. The zero-order valence-electron chi connectivity index (χ0n) is 10.1. The lowest BCUT2D eigenvalue weighted by Crippen LogP contribution is -2.14. The van der Waals surface area contributed by atoms with Crippen LogP contribution in [0.25, 0.3) is 0 Å². The van der Waals surface area contributed by atoms with Gasteiger partial charge in [-0.3, -0.25) is 9.59 Å². The van der Waals surface area contributed by atoms with Gasteiger partial charge >= 0.3 is 5.97 Å². The van der Waals surface area contributed by atoms with Crippen LogP contribution in [-0.4, -0.2) is 11.8 Å². The zero-order chi connectivity index (χ0) is 12.1. The first-order valence-corrected chi connectivity index (χ1v) is 5.62. The Morgan fingerprint density at radius 1 is 1.19 bits per heavy atom. The van der Waals surface area contributed by atoms with Crippen LogP contribution in [0, 0.1) is 0 Å². The molecule has 1 aliphatic rings. The van der Waals surface area contributed by atoms with E-state index in [2.05, 4.69) is 0 Å². The Morgan fingerprint density at radius 2 is 1.88 bits per heavy atom. The number of hydrogen-bond acceptors (Lipinski definition) is 3. The molecule has 0 radical (unpaired) electrons. The second-order valence-corrected chi connectivity index (χ2v) is 4.23. The van der Waals surface area contributed by atoms with Gasteiger partial charge in [0.05, 0.1) is 0 Å². The summed E-state index contributed by atoms with van der Waals surface area (Å²) in [6.45, 7) is 4.87. The van der Waals surface area contributed by atoms with Crippen molar-refractivity contribution in [3.05, 3.63) is 23.0 Å². The summed E-state index contributed by atoms with van der Waals surface area (Å²) < 4.78 is 4.98. The highest BCUT2D eigenvalue weighted by atomic mass is 16.5. The Hall–Kier alpha value is -1.38. The number of ketones is 1. The minimum absolute atomic E-state index is 0.130. The van der Waals surface area contributed by atoms with Gasteiger partial charge < -0.3 is 4.74 Å². The van der Waals surface area contributed by atoms with Gasteiger partial charge in [-0.25, -0.2) is 0 Å². The van der Waals surface area contributed by atoms with Crippen LogP contribution >= 0.6 is 0 Å². The summed E-state index contributed by atoms with van der Waals surface area (Å²) in [5.41, 5.74) is 1.52. The summed E-state index contributed by atoms with van der Waals surface area (Å²) in [7, 11) is 0. The Morgan fingerprint density at radius 3 is 2.31 bits per heavy atom. The molecule has 0 heterocycles. The van der Waals surface area contributed by atoms with Crippen molar-refractivity contribution in [2.24, 2.45) is 0 Å². The molecule has 16 heavy (non-hydrogen) atoms. The predicted molar refractivity (Wildman–Crippen MR) is 61.7 cm³/mol. The molecule has 88 valence electrons. The normalized spacial score (nSPS) is 15.1. The molecule has 0 atom stereocenters. The van der Waals surface area contributed by atoms with Crippen LogP contribution in [-0.2, 0) is 14.3 Å². The van der Waals surface area contributed by atoms with Crippen LogP contribution in [0.15, 0.2) is 23.0 Å². The lowest BCUT2D eigenvalue weighted by molar-refractivity contribution is -0.139. The summed E-state index contributed by atoms with van der Waals surface area (Å²) >= 11 is 0. The first-order valence-electron chi connectivity index (χ1n) is 5.62. The van der Waals surface area contributed by atoms with E-state index in [9.17, 15) is 9.59 Å². The Labute approximate surface area is 96.2 Å². The fourth-order valence-corrected chi connectivity index (χ4v) is 1.71. The number of rotatable bonds is 3. The molecular formula is C13H18O3. The number of carbonyl (C=O) groups is 2. The third-order valence-electron chi connectivity index (χ3n) is 2.49. The molecule has 0 fully saturated rings. The molecule has 0 N–H and O–H groups in total. The van der Waals surface area contributed by atoms with Gasteiger partial charge in [0, 0.05) is 6.92 Å². The van der Waals surface area contributed by atoms with Crippen molar-refractivity contribution in [1.82, 2.24) is 0 Å². The number of allylic oxidation sites excluding steroid dienone is 3. The van der Waals surface area contributed by atoms with E-state index in [4.69, 9.17) is 4.74 Å². The molecule has 0 saturated heterocycles. The molecule has 0 saturated carbocycles. The van der Waals surface area contributed by atoms with Crippen molar-refractivity contribution < 1.29 is 14.3 Å². The molecule has 1 aliphatic carbocycles. The molecule has 0 bridgehead atoms. The summed E-state index contributed by atoms with van der Waals surface area (Å²) in [5.74, 6) is -0.378. The second-order valence-electron chi connectivity index (χ2n) is 4.23. The maximum atomic E-state index is 12.1. The van der Waals surface area contributed by atoms with E-state index in [-0.39, 0.29) is 11.5 Å². The molecule has 0 aromatic rings. The largest absolute Gasteiger partial charge is 0.423 e. The Kier molecular flexibility index (Phi) is 4.47. The van der Waals surface area contributed by atoms with E-state index in [1.807, 2.05) is 6.08 Å². The van der Waals surface area contributed by atoms with Crippen LogP contribution in [0.4, 0.5) is 0 Å². The fraction of sp³-hybridized carbons (Fsp3) is 0.538. The van der Waals surface area contributed by atoms with Crippen LogP contribution < -0.4 is 0 Å². The van der Waals surface area contributed by atoms with Gasteiger partial charge in [0.2, 0.25) is 5.78 Å². The molecule has 0 unspecified atom stereocenters. The number of hydrogen-bond donors (Lipinski definition) is 0. The first-order chi connectivity index (χ1) is 7.52. The number of Topliss-reactive ketones (excluding diaryl/α,β-unsaturated/α-hetero) is 1. The summed E-state index contributed by atoms with van der Waals surface area (Å²) in [6, 6.07) is 0. The van der Waals surface area contributed by atoms with Crippen LogP contribution in [0.3, 0.4) is 0 Å². The van der Waals surface area contributed by atoms with Gasteiger partial charge in [0.25, 0.3) is 0 Å². The number of ether oxygens (including phenoxy) is 1. The molecule has 0 aromatic carbocycles. The molecule has 3 heteroatoms. The van der Waals surface area contributed by atoms with Crippen molar-refractivity contribution in [2.45, 2.75) is 46.5 Å². The molecule has 0 spiro atoms. The SMILES string of the molecule is CC(=O)OC(C(=O)C1=CCCCC1)=C(C)C. The minimum Gasteiger partial charge on any atom is -0.423 e. The summed E-state index contributed by atoms with van der Waals surface area (Å²) in [4.78, 5) is 23.0. The van der Waals surface area contributed by atoms with Gasteiger partial charge in [-0.15, -0.1) is 0 Å². The standard InChI is InChI=1S/C13H18O3/c1-9(2)13(16-10(3)14)12(15)11-7-5-4-6-8-11/h7H,4-6,8H2,1-3H3. The Balaban J connectivity index is 2.88. The van der Waals surface area contributed by atoms with Crippen molar-refractivity contribution >= 4 is 11.8 Å². The van der Waals surface area contributed by atoms with E-state index >= 15 is 0 Å². The van der Waals surface area contributed by atoms with Gasteiger partial charge in [-0.2, -0.15) is 0 Å². The molecule has 1 rings (SSSR count). The zero-order valence-corrected chi connectivity index (χ0v) is 10.1. The topological polar surface area (TPSA) is 43.4 Å². The van der Waals surface area contributed by atoms with E-state index < -0.39 is 5.97 Å². The highest BCUT2D eigenvalue weighted by Gasteiger charge is 2.20. The van der Waals surface area contributed by atoms with Gasteiger partial charge in [-0.1, -0.05) is 6.08 Å². The highest BCUT2D eigenvalue weighted by molar-refractivity contribution is 6.08. The van der Waals surface area contributed by atoms with Crippen molar-refractivity contribution in [2.75, 3.05) is 0 Å². The lowest BCUT2D eigenvalue weighted by Gasteiger charge is -2.14. The maximum absolute atomic E-state index is 12.1. The van der Waals surface area contributed by atoms with E-state index in [1.165, 1.54) is 6.92 Å². The average molecular weight is 222 g/mol.